The molecule has 1 aliphatic heterocycles. The van der Waals surface area contributed by atoms with Crippen molar-refractivity contribution in [3.8, 4) is 0 Å². The van der Waals surface area contributed by atoms with Crippen LogP contribution in [0.1, 0.15) is 37.3 Å². The average molecular weight is 258 g/mol. The lowest BCUT2D eigenvalue weighted by molar-refractivity contribution is 0.220. The molecule has 0 bridgehead atoms. The Morgan fingerprint density at radius 2 is 2.00 bits per heavy atom. The molecule has 0 radical (unpaired) electrons. The molecule has 0 saturated carbocycles. The first-order chi connectivity index (χ1) is 9.29. The largest absolute Gasteiger partial charge is 0.324 e. The summed E-state index contributed by atoms with van der Waals surface area (Å²) in [7, 11) is 0. The zero-order chi connectivity index (χ0) is 13.2. The van der Waals surface area contributed by atoms with Gasteiger partial charge in [-0.05, 0) is 48.9 Å². The van der Waals surface area contributed by atoms with Crippen LogP contribution >= 0.6 is 0 Å². The van der Waals surface area contributed by atoms with Crippen molar-refractivity contribution < 1.29 is 4.79 Å². The quantitative estimate of drug-likeness (QED) is 0.813. The summed E-state index contributed by atoms with van der Waals surface area (Å²) < 4.78 is 0. The number of urea groups is 1. The average Bonchev–Trinajstić information content (AvgIpc) is 3.02. The number of hydrogen-bond acceptors (Lipinski definition) is 1. The van der Waals surface area contributed by atoms with Gasteiger partial charge < -0.3 is 4.90 Å². The van der Waals surface area contributed by atoms with Crippen molar-refractivity contribution in [1.29, 1.82) is 0 Å². The van der Waals surface area contributed by atoms with E-state index in [9.17, 15) is 4.79 Å². The summed E-state index contributed by atoms with van der Waals surface area (Å²) >= 11 is 0. The highest BCUT2D eigenvalue weighted by Crippen LogP contribution is 2.28. The fourth-order valence-electron chi connectivity index (χ4n) is 3.10. The summed E-state index contributed by atoms with van der Waals surface area (Å²) in [6.07, 6.45) is 5.87. The standard InChI is InChI=1S/C16H22N2O/c1-2-3-9-17-10-11-18(16(17)19)15-8-7-13-5-4-6-14(13)12-15/h7-8,12H,2-6,9-11H2,1H3. The van der Waals surface area contributed by atoms with E-state index in [2.05, 4.69) is 25.1 Å². The Labute approximate surface area is 115 Å². The zero-order valence-corrected chi connectivity index (χ0v) is 11.7. The van der Waals surface area contributed by atoms with Gasteiger partial charge in [-0.2, -0.15) is 0 Å². The molecule has 1 fully saturated rings. The van der Waals surface area contributed by atoms with Crippen LogP contribution in [-0.2, 0) is 12.8 Å². The van der Waals surface area contributed by atoms with Crippen LogP contribution in [0.15, 0.2) is 18.2 Å². The zero-order valence-electron chi connectivity index (χ0n) is 11.7. The Hall–Kier alpha value is -1.51. The molecule has 0 spiro atoms. The highest BCUT2D eigenvalue weighted by Gasteiger charge is 2.29. The third kappa shape index (κ3) is 2.34. The van der Waals surface area contributed by atoms with E-state index >= 15 is 0 Å². The highest BCUT2D eigenvalue weighted by atomic mass is 16.2. The minimum Gasteiger partial charge on any atom is -0.323 e. The molecule has 1 aromatic carbocycles. The number of fused-ring (bicyclic) bond motifs is 1. The van der Waals surface area contributed by atoms with Gasteiger partial charge in [-0.3, -0.25) is 4.90 Å². The molecule has 1 aromatic rings. The molecule has 1 aliphatic carbocycles. The van der Waals surface area contributed by atoms with Crippen LogP contribution < -0.4 is 4.90 Å². The summed E-state index contributed by atoms with van der Waals surface area (Å²) in [6, 6.07) is 6.74. The SMILES string of the molecule is CCCCN1CCN(c2ccc3c(c2)CCC3)C1=O. The van der Waals surface area contributed by atoms with Gasteiger partial charge in [-0.15, -0.1) is 0 Å². The van der Waals surface area contributed by atoms with E-state index in [1.807, 2.05) is 9.80 Å². The Morgan fingerprint density at radius 3 is 2.84 bits per heavy atom. The van der Waals surface area contributed by atoms with Crippen molar-refractivity contribution in [2.75, 3.05) is 24.5 Å². The fraction of sp³-hybridized carbons (Fsp3) is 0.562. The summed E-state index contributed by atoms with van der Waals surface area (Å²) in [5, 5.41) is 0. The number of carbonyl (C=O) groups excluding carboxylic acids is 1. The van der Waals surface area contributed by atoms with E-state index in [4.69, 9.17) is 0 Å². The number of aryl methyl sites for hydroxylation is 2. The number of amides is 2. The number of unbranched alkanes of at least 4 members (excludes halogenated alkanes) is 1. The molecule has 0 unspecified atom stereocenters. The monoisotopic (exact) mass is 258 g/mol. The minimum atomic E-state index is 0.186. The second-order valence-electron chi connectivity index (χ2n) is 5.58. The molecule has 19 heavy (non-hydrogen) atoms. The van der Waals surface area contributed by atoms with E-state index in [1.54, 1.807) is 0 Å². The molecule has 0 atom stereocenters. The number of rotatable bonds is 4. The van der Waals surface area contributed by atoms with Crippen molar-refractivity contribution in [3.05, 3.63) is 29.3 Å². The lowest BCUT2D eigenvalue weighted by Gasteiger charge is -2.19. The maximum Gasteiger partial charge on any atom is 0.324 e. The van der Waals surface area contributed by atoms with Crippen LogP contribution in [0.25, 0.3) is 0 Å². The number of benzene rings is 1. The molecule has 3 heteroatoms. The summed E-state index contributed by atoms with van der Waals surface area (Å²) in [6.45, 7) is 4.77. The normalized spacial score (nSPS) is 18.3. The first-order valence-electron chi connectivity index (χ1n) is 7.48. The van der Waals surface area contributed by atoms with E-state index in [-0.39, 0.29) is 6.03 Å². The van der Waals surface area contributed by atoms with E-state index in [0.29, 0.717) is 0 Å². The molecule has 0 N–H and O–H groups in total. The Balaban J connectivity index is 1.74. The van der Waals surface area contributed by atoms with E-state index in [1.165, 1.54) is 30.4 Å². The molecule has 2 aliphatic rings. The second-order valence-corrected chi connectivity index (χ2v) is 5.58. The molecule has 102 valence electrons. The maximum absolute atomic E-state index is 12.4. The van der Waals surface area contributed by atoms with Crippen LogP contribution in [-0.4, -0.2) is 30.6 Å². The van der Waals surface area contributed by atoms with Crippen LogP contribution in [0.4, 0.5) is 10.5 Å². The third-order valence-corrected chi connectivity index (χ3v) is 4.27. The number of nitrogens with zero attached hydrogens (tertiary/aromatic N) is 2. The predicted molar refractivity (Wildman–Crippen MR) is 77.7 cm³/mol. The summed E-state index contributed by atoms with van der Waals surface area (Å²) in [5.41, 5.74) is 4.00. The van der Waals surface area contributed by atoms with Gasteiger partial charge in [0.2, 0.25) is 0 Å². The van der Waals surface area contributed by atoms with Crippen LogP contribution in [0, 0.1) is 0 Å². The Morgan fingerprint density at radius 1 is 1.16 bits per heavy atom. The summed E-state index contributed by atoms with van der Waals surface area (Å²) in [5.74, 6) is 0. The van der Waals surface area contributed by atoms with E-state index < -0.39 is 0 Å². The lowest BCUT2D eigenvalue weighted by atomic mass is 10.1. The maximum atomic E-state index is 12.4. The van der Waals surface area contributed by atoms with Gasteiger partial charge in [-0.25, -0.2) is 4.79 Å². The topological polar surface area (TPSA) is 23.6 Å². The van der Waals surface area contributed by atoms with Gasteiger partial charge in [-0.1, -0.05) is 19.4 Å². The van der Waals surface area contributed by atoms with Crippen LogP contribution in [0.5, 0.6) is 0 Å². The third-order valence-electron chi connectivity index (χ3n) is 4.27. The Kier molecular flexibility index (Phi) is 3.45. The summed E-state index contributed by atoms with van der Waals surface area (Å²) in [4.78, 5) is 16.3. The van der Waals surface area contributed by atoms with Crippen molar-refractivity contribution >= 4 is 11.7 Å². The van der Waals surface area contributed by atoms with Crippen LogP contribution in [0.3, 0.4) is 0 Å². The molecule has 1 heterocycles. The van der Waals surface area contributed by atoms with Gasteiger partial charge >= 0.3 is 6.03 Å². The van der Waals surface area contributed by atoms with Crippen molar-refractivity contribution in [1.82, 2.24) is 4.90 Å². The van der Waals surface area contributed by atoms with Gasteiger partial charge in [0.05, 0.1) is 0 Å². The predicted octanol–water partition coefficient (Wildman–Crippen LogP) is 3.22. The first-order valence-corrected chi connectivity index (χ1v) is 7.48. The van der Waals surface area contributed by atoms with Gasteiger partial charge in [0.25, 0.3) is 0 Å². The van der Waals surface area contributed by atoms with Gasteiger partial charge in [0.1, 0.15) is 0 Å². The molecule has 3 nitrogen and oxygen atoms in total. The molecule has 2 amide bonds. The van der Waals surface area contributed by atoms with Crippen molar-refractivity contribution in [3.63, 3.8) is 0 Å². The van der Waals surface area contributed by atoms with Gasteiger partial charge in [0, 0.05) is 25.3 Å². The lowest BCUT2D eigenvalue weighted by Crippen LogP contribution is -2.32. The highest BCUT2D eigenvalue weighted by molar-refractivity contribution is 5.94. The number of hydrogen-bond donors (Lipinski definition) is 0. The minimum absolute atomic E-state index is 0.186. The Bertz CT molecular complexity index is 484. The van der Waals surface area contributed by atoms with Crippen LogP contribution in [0.2, 0.25) is 0 Å². The van der Waals surface area contributed by atoms with Gasteiger partial charge in [0.15, 0.2) is 0 Å². The fourth-order valence-corrected chi connectivity index (χ4v) is 3.10. The molecular weight excluding hydrogens is 236 g/mol. The first kappa shape index (κ1) is 12.5. The second kappa shape index (κ2) is 5.24. The molecule has 1 saturated heterocycles. The number of anilines is 1. The van der Waals surface area contributed by atoms with Crippen molar-refractivity contribution in [2.45, 2.75) is 39.0 Å². The molecule has 0 aromatic heterocycles. The molecular formula is C16H22N2O. The van der Waals surface area contributed by atoms with Crippen molar-refractivity contribution in [2.24, 2.45) is 0 Å². The smallest absolute Gasteiger partial charge is 0.323 e. The number of carbonyl (C=O) groups is 1. The molecule has 3 rings (SSSR count). The van der Waals surface area contributed by atoms with E-state index in [0.717, 1.165) is 38.2 Å².